The van der Waals surface area contributed by atoms with Gasteiger partial charge in [-0.05, 0) is 26.0 Å². The number of benzene rings is 1. The maximum absolute atomic E-state index is 12.0. The van der Waals surface area contributed by atoms with Crippen LogP contribution < -0.4 is 4.72 Å². The summed E-state index contributed by atoms with van der Waals surface area (Å²) in [5.41, 5.74) is -1.23. The largest absolute Gasteiger partial charge is 0.478 e. The Kier molecular flexibility index (Phi) is 4.86. The predicted molar refractivity (Wildman–Crippen MR) is 75.5 cm³/mol. The summed E-state index contributed by atoms with van der Waals surface area (Å²) in [6, 6.07) is 2.59. The molecule has 1 aromatic rings. The summed E-state index contributed by atoms with van der Waals surface area (Å²) < 4.78 is 27.1. The molecule has 10 heteroatoms. The monoisotopic (exact) mass is 317 g/mol. The van der Waals surface area contributed by atoms with E-state index >= 15 is 0 Å². The summed E-state index contributed by atoms with van der Waals surface area (Å²) in [5.74, 6) is -1.34. The number of rotatable bonds is 6. The Morgan fingerprint density at radius 2 is 2.00 bits per heavy atom. The number of carbonyl (C=O) groups is 1. The quantitative estimate of drug-likeness (QED) is 0.600. The predicted octanol–water partition coefficient (Wildman–Crippen LogP) is 1.29. The van der Waals surface area contributed by atoms with Crippen molar-refractivity contribution in [1.29, 1.82) is 0 Å². The molecule has 0 saturated carbocycles. The van der Waals surface area contributed by atoms with E-state index in [4.69, 9.17) is 5.11 Å². The molecule has 1 aromatic carbocycles. The number of nitro benzene ring substituents is 1. The van der Waals surface area contributed by atoms with Crippen molar-refractivity contribution in [3.05, 3.63) is 33.9 Å². The maximum atomic E-state index is 12.0. The van der Waals surface area contributed by atoms with E-state index in [2.05, 4.69) is 4.72 Å². The molecular formula is C11H15N3O6S. The highest BCUT2D eigenvalue weighted by atomic mass is 32.2. The molecule has 0 spiro atoms. The van der Waals surface area contributed by atoms with Crippen LogP contribution >= 0.6 is 0 Å². The number of nitrogens with zero attached hydrogens (tertiary/aromatic N) is 2. The molecule has 0 aliphatic heterocycles. The molecule has 0 saturated heterocycles. The lowest BCUT2D eigenvalue weighted by Gasteiger charge is -2.21. The van der Waals surface area contributed by atoms with Crippen LogP contribution in [0.1, 0.15) is 24.2 Å². The van der Waals surface area contributed by atoms with E-state index < -0.39 is 26.8 Å². The number of nitrogens with one attached hydrogen (secondary N) is 1. The van der Waals surface area contributed by atoms with Crippen LogP contribution in [0.2, 0.25) is 0 Å². The molecule has 0 radical (unpaired) electrons. The molecule has 0 aliphatic carbocycles. The van der Waals surface area contributed by atoms with Crippen LogP contribution in [-0.2, 0) is 10.2 Å². The van der Waals surface area contributed by atoms with Gasteiger partial charge in [0.1, 0.15) is 5.69 Å². The molecule has 0 unspecified atom stereocenters. The SMILES string of the molecule is CC(C)N(C)S(=O)(=O)Nc1ccc(C(=O)O)cc1[N+](=O)[O-]. The molecule has 21 heavy (non-hydrogen) atoms. The minimum absolute atomic E-state index is 0.294. The number of hydrogen-bond donors (Lipinski definition) is 2. The van der Waals surface area contributed by atoms with Gasteiger partial charge in [0, 0.05) is 19.2 Å². The van der Waals surface area contributed by atoms with E-state index in [0.717, 1.165) is 22.5 Å². The van der Waals surface area contributed by atoms with E-state index in [-0.39, 0.29) is 17.3 Å². The topological polar surface area (TPSA) is 130 Å². The molecule has 0 amide bonds. The molecule has 116 valence electrons. The second-order valence-electron chi connectivity index (χ2n) is 4.51. The Hall–Kier alpha value is -2.20. The van der Waals surface area contributed by atoms with Gasteiger partial charge in [0.15, 0.2) is 0 Å². The lowest BCUT2D eigenvalue weighted by atomic mass is 10.2. The fraction of sp³-hybridized carbons (Fsp3) is 0.364. The molecule has 1 rings (SSSR count). The average Bonchev–Trinajstić information content (AvgIpc) is 2.37. The Labute approximate surface area is 121 Å². The third kappa shape index (κ3) is 3.89. The first kappa shape index (κ1) is 16.9. The Morgan fingerprint density at radius 3 is 2.43 bits per heavy atom. The number of hydrogen-bond acceptors (Lipinski definition) is 5. The highest BCUT2D eigenvalue weighted by Gasteiger charge is 2.25. The molecule has 0 aliphatic rings. The first-order chi connectivity index (χ1) is 9.56. The van der Waals surface area contributed by atoms with Crippen molar-refractivity contribution in [3.8, 4) is 0 Å². The van der Waals surface area contributed by atoms with E-state index in [1.54, 1.807) is 13.8 Å². The highest BCUT2D eigenvalue weighted by Crippen LogP contribution is 2.27. The van der Waals surface area contributed by atoms with Gasteiger partial charge >= 0.3 is 16.2 Å². The van der Waals surface area contributed by atoms with E-state index in [9.17, 15) is 23.3 Å². The van der Waals surface area contributed by atoms with Crippen LogP contribution in [-0.4, -0.2) is 41.8 Å². The summed E-state index contributed by atoms with van der Waals surface area (Å²) in [5, 5.41) is 19.8. The minimum atomic E-state index is -3.97. The van der Waals surface area contributed by atoms with Gasteiger partial charge in [-0.25, -0.2) is 4.79 Å². The lowest BCUT2D eigenvalue weighted by molar-refractivity contribution is -0.383. The van der Waals surface area contributed by atoms with Gasteiger partial charge < -0.3 is 5.11 Å². The van der Waals surface area contributed by atoms with Crippen molar-refractivity contribution in [2.45, 2.75) is 19.9 Å². The lowest BCUT2D eigenvalue weighted by Crippen LogP contribution is -2.37. The molecule has 0 aromatic heterocycles. The van der Waals surface area contributed by atoms with Crippen LogP contribution in [0.3, 0.4) is 0 Å². The number of aromatic carboxylic acids is 1. The normalized spacial score (nSPS) is 11.7. The van der Waals surface area contributed by atoms with E-state index in [1.807, 2.05) is 0 Å². The molecule has 0 atom stereocenters. The van der Waals surface area contributed by atoms with Gasteiger partial charge in [-0.15, -0.1) is 0 Å². The second kappa shape index (κ2) is 6.06. The Bertz CT molecular complexity index is 671. The number of nitro groups is 1. The molecule has 0 heterocycles. The molecule has 0 fully saturated rings. The third-order valence-corrected chi connectivity index (χ3v) is 4.44. The first-order valence-electron chi connectivity index (χ1n) is 5.83. The van der Waals surface area contributed by atoms with E-state index in [0.29, 0.717) is 0 Å². The minimum Gasteiger partial charge on any atom is -0.478 e. The molecule has 2 N–H and O–H groups in total. The summed E-state index contributed by atoms with van der Waals surface area (Å²) >= 11 is 0. The number of anilines is 1. The van der Waals surface area contributed by atoms with Crippen LogP contribution in [0.25, 0.3) is 0 Å². The molecule has 9 nitrogen and oxygen atoms in total. The Morgan fingerprint density at radius 1 is 1.43 bits per heavy atom. The Balaban J connectivity index is 3.26. The smallest absolute Gasteiger partial charge is 0.335 e. The average molecular weight is 317 g/mol. The van der Waals surface area contributed by atoms with Crippen LogP contribution in [0.5, 0.6) is 0 Å². The van der Waals surface area contributed by atoms with Gasteiger partial charge in [0.25, 0.3) is 5.69 Å². The van der Waals surface area contributed by atoms with Gasteiger partial charge in [-0.1, -0.05) is 0 Å². The zero-order valence-electron chi connectivity index (χ0n) is 11.6. The summed E-state index contributed by atoms with van der Waals surface area (Å²) in [6.07, 6.45) is 0. The summed E-state index contributed by atoms with van der Waals surface area (Å²) in [7, 11) is -2.65. The zero-order chi connectivity index (χ0) is 16.4. The summed E-state index contributed by atoms with van der Waals surface area (Å²) in [6.45, 7) is 3.28. The van der Waals surface area contributed by atoms with Crippen LogP contribution in [0, 0.1) is 10.1 Å². The molecule has 0 bridgehead atoms. The second-order valence-corrected chi connectivity index (χ2v) is 6.24. The standard InChI is InChI=1S/C11H15N3O6S/c1-7(2)13(3)21(19,20)12-9-5-4-8(11(15)16)6-10(9)14(17)18/h4-7,12H,1-3H3,(H,15,16). The van der Waals surface area contributed by atoms with Crippen molar-refractivity contribution in [2.24, 2.45) is 0 Å². The summed E-state index contributed by atoms with van der Waals surface area (Å²) in [4.78, 5) is 20.9. The van der Waals surface area contributed by atoms with Gasteiger partial charge in [-0.2, -0.15) is 12.7 Å². The third-order valence-electron chi connectivity index (χ3n) is 2.79. The number of carboxylic acids is 1. The maximum Gasteiger partial charge on any atom is 0.335 e. The van der Waals surface area contributed by atoms with Gasteiger partial charge in [-0.3, -0.25) is 14.8 Å². The van der Waals surface area contributed by atoms with Crippen LogP contribution in [0.15, 0.2) is 18.2 Å². The van der Waals surface area contributed by atoms with Crippen molar-refractivity contribution in [3.63, 3.8) is 0 Å². The van der Waals surface area contributed by atoms with Gasteiger partial charge in [0.05, 0.1) is 10.5 Å². The zero-order valence-corrected chi connectivity index (χ0v) is 12.4. The highest BCUT2D eigenvalue weighted by molar-refractivity contribution is 7.90. The van der Waals surface area contributed by atoms with Crippen LogP contribution in [0.4, 0.5) is 11.4 Å². The van der Waals surface area contributed by atoms with Gasteiger partial charge in [0.2, 0.25) is 0 Å². The van der Waals surface area contributed by atoms with E-state index in [1.165, 1.54) is 7.05 Å². The van der Waals surface area contributed by atoms with Crippen molar-refractivity contribution in [1.82, 2.24) is 4.31 Å². The fourth-order valence-corrected chi connectivity index (χ4v) is 2.54. The van der Waals surface area contributed by atoms with Crippen molar-refractivity contribution < 1.29 is 23.2 Å². The fourth-order valence-electron chi connectivity index (χ4n) is 1.39. The van der Waals surface area contributed by atoms with Crippen molar-refractivity contribution in [2.75, 3.05) is 11.8 Å². The first-order valence-corrected chi connectivity index (χ1v) is 7.27. The molecular weight excluding hydrogens is 302 g/mol. The van der Waals surface area contributed by atoms with Crippen molar-refractivity contribution >= 4 is 27.6 Å². The number of carboxylic acid groups (broad SMARTS) is 1.